The molecule has 0 spiro atoms. The van der Waals surface area contributed by atoms with Crippen molar-refractivity contribution < 1.29 is 18.6 Å². The first kappa shape index (κ1) is 16.4. The molecule has 2 rings (SSSR count). The fourth-order valence-corrected chi connectivity index (χ4v) is 4.19. The quantitative estimate of drug-likeness (QED) is 0.888. The number of hydrogen-bond acceptors (Lipinski definition) is 4. The molecular weight excluding hydrogens is 300 g/mol. The number of sulfone groups is 1. The summed E-state index contributed by atoms with van der Waals surface area (Å²) in [6.07, 6.45) is 0. The summed E-state index contributed by atoms with van der Waals surface area (Å²) >= 11 is 0. The zero-order valence-corrected chi connectivity index (χ0v) is 14.2. The van der Waals surface area contributed by atoms with Crippen molar-refractivity contribution in [3.05, 3.63) is 46.0 Å². The molecule has 5 heteroatoms. The number of phenolic OH excluding ortho intramolecular Hbond substituents is 2. The minimum Gasteiger partial charge on any atom is -0.508 e. The van der Waals surface area contributed by atoms with E-state index in [9.17, 15) is 18.6 Å². The standard InChI is InChI=1S/C17H20O4S/c1-9-7-16(17(19)13(5)12(9)4)22(20,21)15-8-14(18)10(2)6-11(15)3/h6-8,18-19H,1-5H3. The summed E-state index contributed by atoms with van der Waals surface area (Å²) in [7, 11) is -3.91. The van der Waals surface area contributed by atoms with Gasteiger partial charge in [-0.1, -0.05) is 6.07 Å². The third-order valence-electron chi connectivity index (χ3n) is 4.16. The van der Waals surface area contributed by atoms with Gasteiger partial charge in [-0.2, -0.15) is 0 Å². The van der Waals surface area contributed by atoms with Crippen LogP contribution in [0.25, 0.3) is 0 Å². The van der Waals surface area contributed by atoms with Crippen molar-refractivity contribution >= 4 is 9.84 Å². The van der Waals surface area contributed by atoms with Gasteiger partial charge < -0.3 is 10.2 Å². The first-order valence-corrected chi connectivity index (χ1v) is 8.40. The maximum Gasteiger partial charge on any atom is 0.210 e. The number of aromatic hydroxyl groups is 2. The van der Waals surface area contributed by atoms with E-state index in [-0.39, 0.29) is 21.3 Å². The minimum atomic E-state index is -3.91. The van der Waals surface area contributed by atoms with Crippen LogP contribution in [0.5, 0.6) is 11.5 Å². The molecule has 0 fully saturated rings. The molecule has 118 valence electrons. The highest BCUT2D eigenvalue weighted by atomic mass is 32.2. The molecule has 0 aliphatic carbocycles. The smallest absolute Gasteiger partial charge is 0.210 e. The van der Waals surface area contributed by atoms with Crippen molar-refractivity contribution in [1.29, 1.82) is 0 Å². The van der Waals surface area contributed by atoms with Gasteiger partial charge in [0.15, 0.2) is 0 Å². The molecule has 4 nitrogen and oxygen atoms in total. The molecule has 0 aromatic heterocycles. The average molecular weight is 320 g/mol. The molecule has 0 radical (unpaired) electrons. The molecule has 0 atom stereocenters. The highest BCUT2D eigenvalue weighted by Gasteiger charge is 2.26. The van der Waals surface area contributed by atoms with Gasteiger partial charge in [0.2, 0.25) is 9.84 Å². The summed E-state index contributed by atoms with van der Waals surface area (Å²) in [6.45, 7) is 8.71. The summed E-state index contributed by atoms with van der Waals surface area (Å²) in [5, 5.41) is 20.1. The topological polar surface area (TPSA) is 74.6 Å². The van der Waals surface area contributed by atoms with Gasteiger partial charge in [0.05, 0.1) is 4.90 Å². The molecule has 0 aliphatic heterocycles. The Morgan fingerprint density at radius 3 is 1.91 bits per heavy atom. The average Bonchev–Trinajstić information content (AvgIpc) is 2.44. The Bertz CT molecular complexity index is 865. The highest BCUT2D eigenvalue weighted by molar-refractivity contribution is 7.91. The lowest BCUT2D eigenvalue weighted by molar-refractivity contribution is 0.453. The van der Waals surface area contributed by atoms with E-state index in [0.717, 1.165) is 11.1 Å². The van der Waals surface area contributed by atoms with E-state index in [0.29, 0.717) is 16.7 Å². The fraction of sp³-hybridized carbons (Fsp3) is 0.294. The van der Waals surface area contributed by atoms with Crippen LogP contribution in [0.2, 0.25) is 0 Å². The zero-order chi connectivity index (χ0) is 16.8. The largest absolute Gasteiger partial charge is 0.508 e. The second-order valence-electron chi connectivity index (χ2n) is 5.70. The van der Waals surface area contributed by atoms with Gasteiger partial charge in [-0.25, -0.2) is 8.42 Å². The Morgan fingerprint density at radius 1 is 0.727 bits per heavy atom. The Kier molecular flexibility index (Phi) is 3.96. The zero-order valence-electron chi connectivity index (χ0n) is 13.4. The normalized spacial score (nSPS) is 11.7. The summed E-state index contributed by atoms with van der Waals surface area (Å²) in [4.78, 5) is -0.118. The molecule has 0 aliphatic rings. The van der Waals surface area contributed by atoms with Crippen molar-refractivity contribution in [3.63, 3.8) is 0 Å². The maximum atomic E-state index is 12.9. The summed E-state index contributed by atoms with van der Waals surface area (Å²) < 4.78 is 25.8. The van der Waals surface area contributed by atoms with E-state index in [1.165, 1.54) is 12.1 Å². The molecule has 0 heterocycles. The van der Waals surface area contributed by atoms with E-state index in [2.05, 4.69) is 0 Å². The highest BCUT2D eigenvalue weighted by Crippen LogP contribution is 2.37. The SMILES string of the molecule is Cc1cc(C)c(S(=O)(=O)c2cc(C)c(C)c(C)c2O)cc1O. The van der Waals surface area contributed by atoms with Crippen molar-refractivity contribution in [3.8, 4) is 11.5 Å². The van der Waals surface area contributed by atoms with E-state index in [1.54, 1.807) is 33.8 Å². The molecular formula is C17H20O4S. The summed E-state index contributed by atoms with van der Waals surface area (Å²) in [5.74, 6) is -0.313. The van der Waals surface area contributed by atoms with Gasteiger partial charge in [0.1, 0.15) is 16.4 Å². The van der Waals surface area contributed by atoms with Gasteiger partial charge >= 0.3 is 0 Å². The second kappa shape index (κ2) is 5.32. The van der Waals surface area contributed by atoms with E-state index in [4.69, 9.17) is 0 Å². The fourth-order valence-electron chi connectivity index (χ4n) is 2.47. The number of phenols is 2. The minimum absolute atomic E-state index is 0.00792. The molecule has 0 unspecified atom stereocenters. The van der Waals surface area contributed by atoms with E-state index < -0.39 is 9.84 Å². The lowest BCUT2D eigenvalue weighted by Crippen LogP contribution is -2.07. The van der Waals surface area contributed by atoms with Crippen molar-refractivity contribution in [2.75, 3.05) is 0 Å². The summed E-state index contributed by atoms with van der Waals surface area (Å²) in [6, 6.07) is 4.33. The molecule has 0 bridgehead atoms. The Hall–Kier alpha value is -2.01. The van der Waals surface area contributed by atoms with Crippen molar-refractivity contribution in [2.45, 2.75) is 44.4 Å². The van der Waals surface area contributed by atoms with E-state index >= 15 is 0 Å². The lowest BCUT2D eigenvalue weighted by Gasteiger charge is -2.15. The third-order valence-corrected chi connectivity index (χ3v) is 6.07. The number of rotatable bonds is 2. The third kappa shape index (κ3) is 2.46. The number of aryl methyl sites for hydroxylation is 3. The molecule has 2 aromatic carbocycles. The maximum absolute atomic E-state index is 12.9. The van der Waals surface area contributed by atoms with Crippen molar-refractivity contribution in [2.24, 2.45) is 0 Å². The van der Waals surface area contributed by atoms with E-state index in [1.807, 2.05) is 6.92 Å². The molecule has 2 aromatic rings. The predicted octanol–water partition coefficient (Wildman–Crippen LogP) is 3.47. The molecule has 0 amide bonds. The van der Waals surface area contributed by atoms with Gasteiger partial charge in [0.25, 0.3) is 0 Å². The molecule has 22 heavy (non-hydrogen) atoms. The summed E-state index contributed by atoms with van der Waals surface area (Å²) in [5.41, 5.74) is 3.35. The van der Waals surface area contributed by atoms with Crippen LogP contribution in [-0.2, 0) is 9.84 Å². The second-order valence-corrected chi connectivity index (χ2v) is 7.58. The van der Waals surface area contributed by atoms with Crippen LogP contribution >= 0.6 is 0 Å². The van der Waals surface area contributed by atoms with Gasteiger partial charge in [-0.05, 0) is 74.6 Å². The van der Waals surface area contributed by atoms with Crippen molar-refractivity contribution in [1.82, 2.24) is 0 Å². The Balaban J connectivity index is 2.80. The Labute approximate surface area is 131 Å². The van der Waals surface area contributed by atoms with Gasteiger partial charge in [-0.15, -0.1) is 0 Å². The predicted molar refractivity (Wildman–Crippen MR) is 85.4 cm³/mol. The van der Waals surface area contributed by atoms with Crippen LogP contribution < -0.4 is 0 Å². The van der Waals surface area contributed by atoms with Crippen LogP contribution in [0.15, 0.2) is 28.0 Å². The van der Waals surface area contributed by atoms with Crippen LogP contribution in [0.4, 0.5) is 0 Å². The monoisotopic (exact) mass is 320 g/mol. The van der Waals surface area contributed by atoms with Gasteiger partial charge in [0, 0.05) is 0 Å². The van der Waals surface area contributed by atoms with Crippen LogP contribution in [0.1, 0.15) is 27.8 Å². The molecule has 0 saturated heterocycles. The van der Waals surface area contributed by atoms with Crippen LogP contribution in [0, 0.1) is 34.6 Å². The first-order chi connectivity index (χ1) is 10.1. The Morgan fingerprint density at radius 2 is 1.32 bits per heavy atom. The molecule has 0 saturated carbocycles. The first-order valence-electron chi connectivity index (χ1n) is 6.92. The van der Waals surface area contributed by atoms with Crippen LogP contribution in [0.3, 0.4) is 0 Å². The molecule has 2 N–H and O–H groups in total. The van der Waals surface area contributed by atoms with Crippen LogP contribution in [-0.4, -0.2) is 18.6 Å². The number of hydrogen-bond donors (Lipinski definition) is 2. The lowest BCUT2D eigenvalue weighted by atomic mass is 10.0. The number of benzene rings is 2. The van der Waals surface area contributed by atoms with Gasteiger partial charge in [-0.3, -0.25) is 0 Å².